The number of aromatic hydroxyl groups is 1. The van der Waals surface area contributed by atoms with Gasteiger partial charge in [-0.3, -0.25) is 4.79 Å². The van der Waals surface area contributed by atoms with E-state index >= 15 is 0 Å². The van der Waals surface area contributed by atoms with E-state index in [1.54, 1.807) is 10.6 Å². The largest absolute Gasteiger partial charge is 0.494 e. The van der Waals surface area contributed by atoms with Crippen LogP contribution in [-0.4, -0.2) is 15.5 Å². The van der Waals surface area contributed by atoms with Gasteiger partial charge in [0.05, 0.1) is 5.56 Å². The fraction of sp³-hybridized carbons (Fsp3) is 0.545. The van der Waals surface area contributed by atoms with E-state index in [9.17, 15) is 9.90 Å². The molecule has 0 atom stereocenters. The Kier molecular flexibility index (Phi) is 3.33. The molecular weight excluding hydrogens is 178 g/mol. The standard InChI is InChI=1S/C11H17NO2/c1-4-5-6-12-8(2)7-10(9(3)13)11(12)14/h7,14H,4-6H2,1-3H3. The number of carbonyl (C=O) groups excluding carboxylic acids is 1. The normalized spacial score (nSPS) is 10.5. The number of nitrogens with zero attached hydrogens (tertiary/aromatic N) is 1. The fourth-order valence-electron chi connectivity index (χ4n) is 1.52. The molecule has 3 nitrogen and oxygen atoms in total. The fourth-order valence-corrected chi connectivity index (χ4v) is 1.52. The molecule has 0 amide bonds. The Hall–Kier alpha value is -1.25. The van der Waals surface area contributed by atoms with Crippen molar-refractivity contribution in [2.75, 3.05) is 0 Å². The van der Waals surface area contributed by atoms with Crippen molar-refractivity contribution >= 4 is 5.78 Å². The van der Waals surface area contributed by atoms with Gasteiger partial charge in [0.15, 0.2) is 5.78 Å². The van der Waals surface area contributed by atoms with Crippen LogP contribution in [0, 0.1) is 6.92 Å². The van der Waals surface area contributed by atoms with Crippen molar-refractivity contribution in [3.05, 3.63) is 17.3 Å². The third-order valence-corrected chi connectivity index (χ3v) is 2.39. The van der Waals surface area contributed by atoms with Crippen LogP contribution in [0.25, 0.3) is 0 Å². The number of hydrogen-bond donors (Lipinski definition) is 1. The molecule has 0 aliphatic heterocycles. The second-order valence-electron chi connectivity index (χ2n) is 3.58. The first-order valence-corrected chi connectivity index (χ1v) is 4.98. The average Bonchev–Trinajstić information content (AvgIpc) is 2.40. The lowest BCUT2D eigenvalue weighted by Gasteiger charge is -2.06. The van der Waals surface area contributed by atoms with Crippen molar-refractivity contribution in [1.82, 2.24) is 4.57 Å². The summed E-state index contributed by atoms with van der Waals surface area (Å²) in [5.74, 6) is 0.0318. The topological polar surface area (TPSA) is 42.2 Å². The Labute approximate surface area is 84.4 Å². The minimum atomic E-state index is -0.0825. The highest BCUT2D eigenvalue weighted by atomic mass is 16.3. The number of Topliss-reactive ketones (excluding diaryl/α,β-unsaturated/α-hetero) is 1. The Morgan fingerprint density at radius 1 is 1.57 bits per heavy atom. The van der Waals surface area contributed by atoms with E-state index in [2.05, 4.69) is 6.92 Å². The molecule has 0 saturated heterocycles. The molecule has 0 aliphatic rings. The number of rotatable bonds is 4. The predicted octanol–water partition coefficient (Wildman–Crippen LogP) is 2.50. The first-order valence-electron chi connectivity index (χ1n) is 4.98. The number of aryl methyl sites for hydroxylation is 1. The first-order chi connectivity index (χ1) is 6.57. The smallest absolute Gasteiger partial charge is 0.202 e. The van der Waals surface area contributed by atoms with Gasteiger partial charge in [-0.1, -0.05) is 13.3 Å². The molecule has 1 N–H and O–H groups in total. The van der Waals surface area contributed by atoms with E-state index < -0.39 is 0 Å². The SMILES string of the molecule is CCCCn1c(C)cc(C(C)=O)c1O. The third-order valence-electron chi connectivity index (χ3n) is 2.39. The minimum Gasteiger partial charge on any atom is -0.494 e. The average molecular weight is 195 g/mol. The van der Waals surface area contributed by atoms with Gasteiger partial charge in [0.25, 0.3) is 0 Å². The summed E-state index contributed by atoms with van der Waals surface area (Å²) in [6, 6.07) is 1.74. The zero-order valence-corrected chi connectivity index (χ0v) is 9.00. The molecule has 0 bridgehead atoms. The Morgan fingerprint density at radius 3 is 2.64 bits per heavy atom. The molecule has 78 valence electrons. The summed E-state index contributed by atoms with van der Waals surface area (Å²) >= 11 is 0. The van der Waals surface area contributed by atoms with Gasteiger partial charge in [0.1, 0.15) is 0 Å². The summed E-state index contributed by atoms with van der Waals surface area (Å²) in [6.45, 7) is 6.25. The van der Waals surface area contributed by atoms with Crippen LogP contribution >= 0.6 is 0 Å². The van der Waals surface area contributed by atoms with E-state index in [0.717, 1.165) is 25.1 Å². The van der Waals surface area contributed by atoms with E-state index in [-0.39, 0.29) is 11.7 Å². The lowest BCUT2D eigenvalue weighted by Crippen LogP contribution is -1.99. The van der Waals surface area contributed by atoms with Gasteiger partial charge in [0.2, 0.25) is 5.88 Å². The molecule has 0 unspecified atom stereocenters. The maximum atomic E-state index is 11.1. The monoisotopic (exact) mass is 195 g/mol. The summed E-state index contributed by atoms with van der Waals surface area (Å²) in [6.07, 6.45) is 2.09. The molecular formula is C11H17NO2. The third kappa shape index (κ3) is 1.97. The van der Waals surface area contributed by atoms with Crippen LogP contribution in [0.4, 0.5) is 0 Å². The Morgan fingerprint density at radius 2 is 2.21 bits per heavy atom. The molecule has 0 aromatic carbocycles. The second kappa shape index (κ2) is 4.31. The molecule has 0 aliphatic carbocycles. The number of ketones is 1. The van der Waals surface area contributed by atoms with Gasteiger partial charge in [-0.25, -0.2) is 0 Å². The molecule has 3 heteroatoms. The van der Waals surface area contributed by atoms with Gasteiger partial charge in [-0.2, -0.15) is 0 Å². The summed E-state index contributed by atoms with van der Waals surface area (Å²) in [5, 5.41) is 9.75. The molecule has 1 rings (SSSR count). The number of carbonyl (C=O) groups is 1. The number of aromatic nitrogens is 1. The summed E-state index contributed by atoms with van der Waals surface area (Å²) < 4.78 is 1.79. The van der Waals surface area contributed by atoms with Gasteiger partial charge in [0, 0.05) is 12.2 Å². The predicted molar refractivity (Wildman–Crippen MR) is 55.7 cm³/mol. The van der Waals surface area contributed by atoms with Crippen LogP contribution in [-0.2, 0) is 6.54 Å². The van der Waals surface area contributed by atoms with Crippen molar-refractivity contribution in [2.45, 2.75) is 40.2 Å². The molecule has 1 heterocycles. The summed E-state index contributed by atoms with van der Waals surface area (Å²) in [4.78, 5) is 11.1. The number of unbranched alkanes of at least 4 members (excludes halogenated alkanes) is 1. The molecule has 0 spiro atoms. The number of hydrogen-bond acceptors (Lipinski definition) is 2. The quantitative estimate of drug-likeness (QED) is 0.750. The molecule has 0 saturated carbocycles. The van der Waals surface area contributed by atoms with Crippen molar-refractivity contribution in [2.24, 2.45) is 0 Å². The van der Waals surface area contributed by atoms with Crippen LogP contribution < -0.4 is 0 Å². The van der Waals surface area contributed by atoms with E-state index in [1.807, 2.05) is 6.92 Å². The van der Waals surface area contributed by atoms with E-state index in [0.29, 0.717) is 5.56 Å². The van der Waals surface area contributed by atoms with Crippen LogP contribution in [0.2, 0.25) is 0 Å². The Balaban J connectivity index is 2.99. The zero-order chi connectivity index (χ0) is 10.7. The molecule has 0 radical (unpaired) electrons. The molecule has 1 aromatic rings. The van der Waals surface area contributed by atoms with Crippen LogP contribution in [0.3, 0.4) is 0 Å². The van der Waals surface area contributed by atoms with Gasteiger partial charge in [-0.15, -0.1) is 0 Å². The second-order valence-corrected chi connectivity index (χ2v) is 3.58. The first kappa shape index (κ1) is 10.8. The summed E-state index contributed by atoms with van der Waals surface area (Å²) in [7, 11) is 0. The van der Waals surface area contributed by atoms with E-state index in [4.69, 9.17) is 0 Å². The van der Waals surface area contributed by atoms with Crippen LogP contribution in [0.15, 0.2) is 6.07 Å². The van der Waals surface area contributed by atoms with Gasteiger partial charge < -0.3 is 9.67 Å². The summed E-state index contributed by atoms with van der Waals surface area (Å²) in [5.41, 5.74) is 1.37. The lowest BCUT2D eigenvalue weighted by atomic mass is 10.2. The van der Waals surface area contributed by atoms with Gasteiger partial charge in [-0.05, 0) is 26.3 Å². The molecule has 0 fully saturated rings. The van der Waals surface area contributed by atoms with Crippen molar-refractivity contribution in [3.63, 3.8) is 0 Å². The highest BCUT2D eigenvalue weighted by Crippen LogP contribution is 2.23. The molecule has 14 heavy (non-hydrogen) atoms. The van der Waals surface area contributed by atoms with E-state index in [1.165, 1.54) is 6.92 Å². The van der Waals surface area contributed by atoms with Crippen molar-refractivity contribution in [1.29, 1.82) is 0 Å². The lowest BCUT2D eigenvalue weighted by molar-refractivity contribution is 0.101. The van der Waals surface area contributed by atoms with Crippen LogP contribution in [0.1, 0.15) is 42.7 Å². The Bertz CT molecular complexity index is 339. The van der Waals surface area contributed by atoms with Crippen molar-refractivity contribution in [3.8, 4) is 5.88 Å². The minimum absolute atomic E-state index is 0.0825. The van der Waals surface area contributed by atoms with Crippen molar-refractivity contribution < 1.29 is 9.90 Å². The van der Waals surface area contributed by atoms with Gasteiger partial charge >= 0.3 is 0 Å². The zero-order valence-electron chi connectivity index (χ0n) is 9.00. The van der Waals surface area contributed by atoms with Crippen LogP contribution in [0.5, 0.6) is 5.88 Å². The highest BCUT2D eigenvalue weighted by molar-refractivity contribution is 5.96. The molecule has 1 aromatic heterocycles. The maximum absolute atomic E-state index is 11.1. The highest BCUT2D eigenvalue weighted by Gasteiger charge is 2.14. The maximum Gasteiger partial charge on any atom is 0.202 e.